The summed E-state index contributed by atoms with van der Waals surface area (Å²) in [5.41, 5.74) is 1.17. The van der Waals surface area contributed by atoms with Crippen molar-refractivity contribution in [3.05, 3.63) is 29.3 Å². The van der Waals surface area contributed by atoms with Gasteiger partial charge in [0.15, 0.2) is 5.78 Å². The molecule has 1 unspecified atom stereocenters. The van der Waals surface area contributed by atoms with Crippen LogP contribution < -0.4 is 4.74 Å². The van der Waals surface area contributed by atoms with Crippen LogP contribution in [0.2, 0.25) is 0 Å². The predicted octanol–water partition coefficient (Wildman–Crippen LogP) is 1.32. The Morgan fingerprint density at radius 1 is 1.42 bits per heavy atom. The number of rotatable bonds is 3. The number of esters is 1. The van der Waals surface area contributed by atoms with E-state index in [9.17, 15) is 14.4 Å². The van der Waals surface area contributed by atoms with Gasteiger partial charge in [0.25, 0.3) is 5.78 Å². The Balaban J connectivity index is 2.27. The number of ketones is 2. The topological polar surface area (TPSA) is 69.7 Å². The third-order valence-corrected chi connectivity index (χ3v) is 2.98. The van der Waals surface area contributed by atoms with Crippen LogP contribution >= 0.6 is 0 Å². The standard InChI is InChI=1S/C14H14O5/c1-3-18-14(17)12(16)10-7-19-13-8(2)5-4-6-9(13)11(10)15/h4-6,10H,3,7H2,1-2H3. The molecule has 0 N–H and O–H groups in total. The summed E-state index contributed by atoms with van der Waals surface area (Å²) in [6.45, 7) is 3.40. The third-order valence-electron chi connectivity index (χ3n) is 2.98. The highest BCUT2D eigenvalue weighted by Gasteiger charge is 2.38. The van der Waals surface area contributed by atoms with Gasteiger partial charge in [-0.05, 0) is 25.5 Å². The van der Waals surface area contributed by atoms with Crippen LogP contribution in [-0.4, -0.2) is 30.7 Å². The first-order valence-corrected chi connectivity index (χ1v) is 6.03. The lowest BCUT2D eigenvalue weighted by molar-refractivity contribution is -0.155. The lowest BCUT2D eigenvalue weighted by atomic mass is 9.90. The van der Waals surface area contributed by atoms with Gasteiger partial charge in [-0.3, -0.25) is 9.59 Å². The Morgan fingerprint density at radius 2 is 2.16 bits per heavy atom. The van der Waals surface area contributed by atoms with Crippen LogP contribution in [0.4, 0.5) is 0 Å². The summed E-state index contributed by atoms with van der Waals surface area (Å²) in [6, 6.07) is 5.13. The van der Waals surface area contributed by atoms with Crippen molar-refractivity contribution in [1.82, 2.24) is 0 Å². The highest BCUT2D eigenvalue weighted by Crippen LogP contribution is 2.30. The SMILES string of the molecule is CCOC(=O)C(=O)C1COc2c(C)cccc2C1=O. The first kappa shape index (κ1) is 13.3. The van der Waals surface area contributed by atoms with Crippen LogP contribution in [0, 0.1) is 12.8 Å². The fraction of sp³-hybridized carbons (Fsp3) is 0.357. The second-order valence-electron chi connectivity index (χ2n) is 4.26. The van der Waals surface area contributed by atoms with Crippen LogP contribution in [0.1, 0.15) is 22.8 Å². The zero-order valence-electron chi connectivity index (χ0n) is 10.8. The molecule has 5 nitrogen and oxygen atoms in total. The first-order chi connectivity index (χ1) is 9.06. The molecule has 0 fully saturated rings. The molecule has 0 radical (unpaired) electrons. The molecule has 1 aliphatic heterocycles. The fourth-order valence-corrected chi connectivity index (χ4v) is 2.01. The zero-order valence-corrected chi connectivity index (χ0v) is 10.8. The smallest absolute Gasteiger partial charge is 0.375 e. The number of benzene rings is 1. The first-order valence-electron chi connectivity index (χ1n) is 6.03. The van der Waals surface area contributed by atoms with Crippen LogP contribution in [0.3, 0.4) is 0 Å². The van der Waals surface area contributed by atoms with Crippen molar-refractivity contribution in [3.63, 3.8) is 0 Å². The van der Waals surface area contributed by atoms with Crippen LogP contribution in [-0.2, 0) is 14.3 Å². The summed E-state index contributed by atoms with van der Waals surface area (Å²) >= 11 is 0. The molecule has 0 amide bonds. The minimum absolute atomic E-state index is 0.0992. The molecule has 100 valence electrons. The van der Waals surface area contributed by atoms with Crippen molar-refractivity contribution in [2.45, 2.75) is 13.8 Å². The highest BCUT2D eigenvalue weighted by molar-refractivity contribution is 6.39. The number of carbonyl (C=O) groups excluding carboxylic acids is 3. The van der Waals surface area contributed by atoms with Gasteiger partial charge in [-0.15, -0.1) is 0 Å². The molecule has 5 heteroatoms. The molecule has 1 aromatic carbocycles. The molecule has 1 heterocycles. The largest absolute Gasteiger partial charge is 0.491 e. The van der Waals surface area contributed by atoms with Gasteiger partial charge in [0.2, 0.25) is 0 Å². The fourth-order valence-electron chi connectivity index (χ4n) is 2.01. The van der Waals surface area contributed by atoms with Gasteiger partial charge in [-0.25, -0.2) is 4.79 Å². The number of hydrogen-bond acceptors (Lipinski definition) is 5. The lowest BCUT2D eigenvalue weighted by Gasteiger charge is -2.23. The molecule has 1 aliphatic rings. The average molecular weight is 262 g/mol. The Morgan fingerprint density at radius 3 is 2.84 bits per heavy atom. The van der Waals surface area contributed by atoms with E-state index in [1.807, 2.05) is 13.0 Å². The Bertz CT molecular complexity index is 547. The van der Waals surface area contributed by atoms with Crippen LogP contribution in [0.5, 0.6) is 5.75 Å². The summed E-state index contributed by atoms with van der Waals surface area (Å²) in [4.78, 5) is 35.4. The lowest BCUT2D eigenvalue weighted by Crippen LogP contribution is -2.38. The molecular weight excluding hydrogens is 248 g/mol. The monoisotopic (exact) mass is 262 g/mol. The molecule has 19 heavy (non-hydrogen) atoms. The van der Waals surface area contributed by atoms with Crippen LogP contribution in [0.25, 0.3) is 0 Å². The molecule has 2 rings (SSSR count). The van der Waals surface area contributed by atoms with Crippen molar-refractivity contribution in [1.29, 1.82) is 0 Å². The normalized spacial score (nSPS) is 17.4. The Kier molecular flexibility index (Phi) is 3.64. The van der Waals surface area contributed by atoms with Crippen molar-refractivity contribution in [2.75, 3.05) is 13.2 Å². The molecule has 0 aromatic heterocycles. The third kappa shape index (κ3) is 2.36. The van der Waals surface area contributed by atoms with Gasteiger partial charge >= 0.3 is 5.97 Å². The van der Waals surface area contributed by atoms with Crippen molar-refractivity contribution >= 4 is 17.5 Å². The number of aryl methyl sites for hydroxylation is 1. The van der Waals surface area contributed by atoms with Crippen LogP contribution in [0.15, 0.2) is 18.2 Å². The number of fused-ring (bicyclic) bond motifs is 1. The van der Waals surface area contributed by atoms with E-state index in [1.165, 1.54) is 0 Å². The van der Waals surface area contributed by atoms with Gasteiger partial charge in [0, 0.05) is 0 Å². The Hall–Kier alpha value is -2.17. The van der Waals surface area contributed by atoms with Crippen molar-refractivity contribution in [3.8, 4) is 5.75 Å². The Labute approximate surface area is 110 Å². The summed E-state index contributed by atoms with van der Waals surface area (Å²) in [7, 11) is 0. The van der Waals surface area contributed by atoms with Gasteiger partial charge in [0.05, 0.1) is 12.2 Å². The van der Waals surface area contributed by atoms with Crippen molar-refractivity contribution < 1.29 is 23.9 Å². The molecule has 0 saturated carbocycles. The minimum atomic E-state index is -1.10. The molecule has 1 atom stereocenters. The number of carbonyl (C=O) groups is 3. The predicted molar refractivity (Wildman–Crippen MR) is 66.1 cm³/mol. The maximum atomic E-state index is 12.2. The van der Waals surface area contributed by atoms with E-state index < -0.39 is 17.7 Å². The van der Waals surface area contributed by atoms with E-state index in [0.717, 1.165) is 5.56 Å². The quantitative estimate of drug-likeness (QED) is 0.467. The van der Waals surface area contributed by atoms with Gasteiger partial charge in [-0.1, -0.05) is 12.1 Å². The van der Waals surface area contributed by atoms with Crippen molar-refractivity contribution in [2.24, 2.45) is 5.92 Å². The molecule has 1 aromatic rings. The van der Waals surface area contributed by atoms with E-state index in [0.29, 0.717) is 11.3 Å². The van der Waals surface area contributed by atoms with E-state index in [-0.39, 0.29) is 19.0 Å². The summed E-state index contributed by atoms with van der Waals surface area (Å²) in [5, 5.41) is 0. The summed E-state index contributed by atoms with van der Waals surface area (Å²) in [5.74, 6) is -2.84. The van der Waals surface area contributed by atoms with E-state index >= 15 is 0 Å². The number of hydrogen-bond donors (Lipinski definition) is 0. The molecular formula is C14H14O5. The van der Waals surface area contributed by atoms with Gasteiger partial charge in [0.1, 0.15) is 18.3 Å². The maximum absolute atomic E-state index is 12.2. The average Bonchev–Trinajstić information content (AvgIpc) is 2.40. The summed E-state index contributed by atoms with van der Waals surface area (Å²) in [6.07, 6.45) is 0. The minimum Gasteiger partial charge on any atom is -0.491 e. The van der Waals surface area contributed by atoms with Gasteiger partial charge < -0.3 is 9.47 Å². The number of ether oxygens (including phenoxy) is 2. The van der Waals surface area contributed by atoms with E-state index in [1.54, 1.807) is 19.1 Å². The zero-order chi connectivity index (χ0) is 14.0. The summed E-state index contributed by atoms with van der Waals surface area (Å²) < 4.78 is 10.1. The second kappa shape index (κ2) is 5.22. The van der Waals surface area contributed by atoms with E-state index in [2.05, 4.69) is 4.74 Å². The number of para-hydroxylation sites is 1. The second-order valence-corrected chi connectivity index (χ2v) is 4.26. The molecule has 0 bridgehead atoms. The number of Topliss-reactive ketones (excluding diaryl/α,β-unsaturated/α-hetero) is 2. The highest BCUT2D eigenvalue weighted by atomic mass is 16.5. The molecule has 0 spiro atoms. The molecule has 0 saturated heterocycles. The van der Waals surface area contributed by atoms with Gasteiger partial charge in [-0.2, -0.15) is 0 Å². The molecule has 0 aliphatic carbocycles. The van der Waals surface area contributed by atoms with E-state index in [4.69, 9.17) is 4.74 Å². The maximum Gasteiger partial charge on any atom is 0.375 e.